The van der Waals surface area contributed by atoms with Gasteiger partial charge < -0.3 is 20.2 Å². The average Bonchev–Trinajstić information content (AvgIpc) is 3.14. The van der Waals surface area contributed by atoms with Gasteiger partial charge >= 0.3 is 11.8 Å². The van der Waals surface area contributed by atoms with E-state index in [1.54, 1.807) is 0 Å². The van der Waals surface area contributed by atoms with Crippen LogP contribution in [0.25, 0.3) is 0 Å². The van der Waals surface area contributed by atoms with E-state index in [0.717, 1.165) is 0 Å². The number of halogens is 1. The van der Waals surface area contributed by atoms with Gasteiger partial charge in [0.2, 0.25) is 0 Å². The van der Waals surface area contributed by atoms with Crippen molar-refractivity contribution in [3.63, 3.8) is 0 Å². The first kappa shape index (κ1) is 20.0. The Morgan fingerprint density at radius 1 is 1.12 bits per heavy atom. The molecule has 0 saturated heterocycles. The van der Waals surface area contributed by atoms with Gasteiger partial charge in [-0.2, -0.15) is 0 Å². The molecular weight excluding hydrogens is 384 g/mol. The van der Waals surface area contributed by atoms with Crippen molar-refractivity contribution in [2.75, 3.05) is 19.7 Å². The van der Waals surface area contributed by atoms with Gasteiger partial charge in [-0.15, -0.1) is 0 Å². The molecule has 1 aromatic heterocycles. The smallest absolute Gasteiger partial charge is 0.309 e. The van der Waals surface area contributed by atoms with E-state index in [1.165, 1.54) is 42.7 Å². The zero-order chi connectivity index (χ0) is 19.2. The molecule has 3 N–H and O–H groups in total. The molecular formula is C16H17ClN2O6S. The standard InChI is InChI=1S/C16H17ClN2O6S/c17-11-3-5-12(6-4-11)26(23,24)14(13-2-1-9-25-13)10-19-16(22)15(21)18-7-8-20/h1-6,9,14,20H,7-8,10H2,(H,18,21)(H,19,22). The van der Waals surface area contributed by atoms with Crippen LogP contribution in [0.3, 0.4) is 0 Å². The molecule has 2 rings (SSSR count). The van der Waals surface area contributed by atoms with Gasteiger partial charge in [-0.05, 0) is 36.4 Å². The average molecular weight is 401 g/mol. The summed E-state index contributed by atoms with van der Waals surface area (Å²) in [6, 6.07) is 8.57. The van der Waals surface area contributed by atoms with E-state index in [-0.39, 0.29) is 30.4 Å². The highest BCUT2D eigenvalue weighted by molar-refractivity contribution is 7.91. The quantitative estimate of drug-likeness (QED) is 0.586. The van der Waals surface area contributed by atoms with E-state index in [9.17, 15) is 18.0 Å². The Balaban J connectivity index is 2.21. The molecule has 1 atom stereocenters. The van der Waals surface area contributed by atoms with Gasteiger partial charge in [0.05, 0.1) is 17.8 Å². The Morgan fingerprint density at radius 3 is 2.35 bits per heavy atom. The zero-order valence-corrected chi connectivity index (χ0v) is 15.1. The summed E-state index contributed by atoms with van der Waals surface area (Å²) in [6.45, 7) is -0.778. The van der Waals surface area contributed by atoms with Gasteiger partial charge in [0.15, 0.2) is 9.84 Å². The van der Waals surface area contributed by atoms with Crippen LogP contribution in [0.1, 0.15) is 11.0 Å². The van der Waals surface area contributed by atoms with Crippen molar-refractivity contribution in [2.24, 2.45) is 0 Å². The van der Waals surface area contributed by atoms with Crippen LogP contribution < -0.4 is 10.6 Å². The molecule has 10 heteroatoms. The van der Waals surface area contributed by atoms with Gasteiger partial charge in [0, 0.05) is 18.1 Å². The molecule has 0 aliphatic carbocycles. The van der Waals surface area contributed by atoms with Crippen molar-refractivity contribution in [3.8, 4) is 0 Å². The zero-order valence-electron chi connectivity index (χ0n) is 13.5. The van der Waals surface area contributed by atoms with Gasteiger partial charge in [0.1, 0.15) is 11.0 Å². The lowest BCUT2D eigenvalue weighted by Crippen LogP contribution is -2.43. The van der Waals surface area contributed by atoms with Crippen molar-refractivity contribution in [1.29, 1.82) is 0 Å². The van der Waals surface area contributed by atoms with Crippen LogP contribution in [-0.4, -0.2) is 45.0 Å². The maximum absolute atomic E-state index is 12.9. The number of aliphatic hydroxyl groups excluding tert-OH is 1. The topological polar surface area (TPSA) is 126 Å². The summed E-state index contributed by atoms with van der Waals surface area (Å²) < 4.78 is 31.0. The molecule has 2 amide bonds. The fourth-order valence-electron chi connectivity index (χ4n) is 2.14. The molecule has 1 aromatic carbocycles. The predicted octanol–water partition coefficient (Wildman–Crippen LogP) is 0.673. The minimum absolute atomic E-state index is 0.00211. The molecule has 0 aliphatic rings. The summed E-state index contributed by atoms with van der Waals surface area (Å²) in [6.07, 6.45) is 1.31. The molecule has 8 nitrogen and oxygen atoms in total. The summed E-state index contributed by atoms with van der Waals surface area (Å²) in [5.74, 6) is -1.86. The number of sulfone groups is 1. The van der Waals surface area contributed by atoms with E-state index in [1.807, 2.05) is 0 Å². The number of hydrogen-bond donors (Lipinski definition) is 3. The third-order valence-corrected chi connectivity index (χ3v) is 5.76. The Hall–Kier alpha value is -2.36. The fourth-order valence-corrected chi connectivity index (χ4v) is 3.85. The second-order valence-corrected chi connectivity index (χ2v) is 7.76. The van der Waals surface area contributed by atoms with Crippen LogP contribution in [0, 0.1) is 0 Å². The summed E-state index contributed by atoms with van der Waals surface area (Å²) in [5, 5.41) is 12.2. The molecule has 0 bridgehead atoms. The number of benzene rings is 1. The molecule has 0 radical (unpaired) electrons. The van der Waals surface area contributed by atoms with Crippen molar-refractivity contribution in [3.05, 3.63) is 53.4 Å². The molecule has 26 heavy (non-hydrogen) atoms. The molecule has 0 spiro atoms. The van der Waals surface area contributed by atoms with Crippen molar-refractivity contribution < 1.29 is 27.5 Å². The van der Waals surface area contributed by atoms with E-state index in [4.69, 9.17) is 21.1 Å². The third-order valence-electron chi connectivity index (χ3n) is 3.43. The molecule has 140 valence electrons. The van der Waals surface area contributed by atoms with Gasteiger partial charge in [-0.1, -0.05) is 11.6 Å². The van der Waals surface area contributed by atoms with Crippen molar-refractivity contribution >= 4 is 33.3 Å². The molecule has 1 unspecified atom stereocenters. The molecule has 2 aromatic rings. The van der Waals surface area contributed by atoms with Crippen LogP contribution in [0.5, 0.6) is 0 Å². The number of rotatable bonds is 7. The van der Waals surface area contributed by atoms with E-state index in [2.05, 4.69) is 10.6 Å². The van der Waals surface area contributed by atoms with Crippen LogP contribution in [0.15, 0.2) is 52.0 Å². The summed E-state index contributed by atoms with van der Waals surface area (Å²) in [4.78, 5) is 23.3. The fraction of sp³-hybridized carbons (Fsp3) is 0.250. The first-order chi connectivity index (χ1) is 12.4. The number of nitrogens with one attached hydrogen (secondary N) is 2. The van der Waals surface area contributed by atoms with Crippen molar-refractivity contribution in [1.82, 2.24) is 10.6 Å². The minimum Gasteiger partial charge on any atom is -0.468 e. The van der Waals surface area contributed by atoms with Gasteiger partial charge in [0.25, 0.3) is 0 Å². The summed E-state index contributed by atoms with van der Waals surface area (Å²) in [5.41, 5.74) is 0. The maximum atomic E-state index is 12.9. The summed E-state index contributed by atoms with van der Waals surface area (Å²) >= 11 is 5.79. The lowest BCUT2D eigenvalue weighted by molar-refractivity contribution is -0.139. The molecule has 1 heterocycles. The Bertz CT molecular complexity index is 849. The van der Waals surface area contributed by atoms with Crippen molar-refractivity contribution in [2.45, 2.75) is 10.1 Å². The highest BCUT2D eigenvalue weighted by Crippen LogP contribution is 2.29. The lowest BCUT2D eigenvalue weighted by Gasteiger charge is -2.16. The Morgan fingerprint density at radius 2 is 1.77 bits per heavy atom. The first-order valence-corrected chi connectivity index (χ1v) is 9.48. The normalized spacial score (nSPS) is 12.4. The number of furan rings is 1. The van der Waals surface area contributed by atoms with Gasteiger partial charge in [-0.25, -0.2) is 8.42 Å². The summed E-state index contributed by atoms with van der Waals surface area (Å²) in [7, 11) is -3.92. The van der Waals surface area contributed by atoms with Gasteiger partial charge in [-0.3, -0.25) is 9.59 Å². The first-order valence-electron chi connectivity index (χ1n) is 7.56. The monoisotopic (exact) mass is 400 g/mol. The minimum atomic E-state index is -3.92. The number of aliphatic hydroxyl groups is 1. The second kappa shape index (κ2) is 8.84. The largest absolute Gasteiger partial charge is 0.468 e. The van der Waals surface area contributed by atoms with E-state index >= 15 is 0 Å². The molecule has 0 aliphatic heterocycles. The van der Waals surface area contributed by atoms with Crippen LogP contribution in [0.4, 0.5) is 0 Å². The maximum Gasteiger partial charge on any atom is 0.309 e. The third kappa shape index (κ3) is 4.84. The number of carbonyl (C=O) groups is 2. The SMILES string of the molecule is O=C(NCCO)C(=O)NCC(c1ccco1)S(=O)(=O)c1ccc(Cl)cc1. The van der Waals surface area contributed by atoms with Crippen LogP contribution in [-0.2, 0) is 19.4 Å². The van der Waals surface area contributed by atoms with Crippen LogP contribution >= 0.6 is 11.6 Å². The highest BCUT2D eigenvalue weighted by atomic mass is 35.5. The molecule has 0 fully saturated rings. The number of amides is 2. The van der Waals surface area contributed by atoms with Crippen LogP contribution in [0.2, 0.25) is 5.02 Å². The second-order valence-electron chi connectivity index (χ2n) is 5.19. The van der Waals surface area contributed by atoms with E-state index in [0.29, 0.717) is 5.02 Å². The number of carbonyl (C=O) groups excluding carboxylic acids is 2. The predicted molar refractivity (Wildman–Crippen MR) is 93.2 cm³/mol. The number of hydrogen-bond acceptors (Lipinski definition) is 6. The lowest BCUT2D eigenvalue weighted by atomic mass is 10.3. The Kier molecular flexibility index (Phi) is 6.78. The molecule has 0 saturated carbocycles. The van der Waals surface area contributed by atoms with E-state index < -0.39 is 26.9 Å². The highest BCUT2D eigenvalue weighted by Gasteiger charge is 2.32. The Labute approximate surface area is 155 Å².